The Hall–Kier alpha value is -1.23. The Kier molecular flexibility index (Phi) is 7.89. The molecule has 0 saturated carbocycles. The van der Waals surface area contributed by atoms with Crippen molar-refractivity contribution >= 4 is 27.5 Å². The van der Waals surface area contributed by atoms with Crippen LogP contribution in [0.1, 0.15) is 30.9 Å². The van der Waals surface area contributed by atoms with E-state index < -0.39 is 0 Å². The van der Waals surface area contributed by atoms with Gasteiger partial charge < -0.3 is 14.8 Å². The molecule has 0 radical (unpaired) electrons. The minimum Gasteiger partial charge on any atom is -0.493 e. The fraction of sp³-hybridized carbons (Fsp3) is 0.368. The van der Waals surface area contributed by atoms with Crippen molar-refractivity contribution < 1.29 is 9.47 Å². The lowest BCUT2D eigenvalue weighted by Gasteiger charge is -2.14. The van der Waals surface area contributed by atoms with Gasteiger partial charge in [-0.2, -0.15) is 0 Å². The van der Waals surface area contributed by atoms with Crippen molar-refractivity contribution in [1.82, 2.24) is 5.32 Å². The number of ether oxygens (including phenoxy) is 2. The Bertz CT molecular complexity index is 647. The van der Waals surface area contributed by atoms with E-state index in [-0.39, 0.29) is 0 Å². The Balaban J connectivity index is 2.03. The highest BCUT2D eigenvalue weighted by Crippen LogP contribution is 2.34. The van der Waals surface area contributed by atoms with Crippen LogP contribution in [0, 0.1) is 0 Å². The number of halogens is 2. The monoisotopic (exact) mass is 411 g/mol. The molecule has 0 aliphatic carbocycles. The molecule has 0 heterocycles. The molecule has 0 aliphatic heterocycles. The average Bonchev–Trinajstić information content (AvgIpc) is 2.59. The third-order valence-electron chi connectivity index (χ3n) is 3.66. The first-order valence-corrected chi connectivity index (χ1v) is 9.25. The number of methoxy groups -OCH3 is 1. The Morgan fingerprint density at radius 2 is 1.88 bits per heavy atom. The summed E-state index contributed by atoms with van der Waals surface area (Å²) in [4.78, 5) is 0. The first-order chi connectivity index (χ1) is 11.6. The van der Waals surface area contributed by atoms with Crippen LogP contribution >= 0.6 is 27.5 Å². The lowest BCUT2D eigenvalue weighted by molar-refractivity contribution is 0.284. The molecule has 1 N–H and O–H groups in total. The van der Waals surface area contributed by atoms with Crippen LogP contribution in [-0.2, 0) is 13.2 Å². The van der Waals surface area contributed by atoms with E-state index in [0.29, 0.717) is 6.61 Å². The number of nitrogens with one attached hydrogen (secondary N) is 1. The number of hydrogen-bond donors (Lipinski definition) is 1. The van der Waals surface area contributed by atoms with E-state index >= 15 is 0 Å². The van der Waals surface area contributed by atoms with Crippen LogP contribution < -0.4 is 14.8 Å². The van der Waals surface area contributed by atoms with E-state index in [2.05, 4.69) is 28.2 Å². The van der Waals surface area contributed by atoms with Crippen LogP contribution in [0.25, 0.3) is 0 Å². The van der Waals surface area contributed by atoms with Gasteiger partial charge in [-0.05, 0) is 48.4 Å². The molecular formula is C19H23BrClNO2. The Labute approximate surface area is 157 Å². The third kappa shape index (κ3) is 5.69. The summed E-state index contributed by atoms with van der Waals surface area (Å²) in [6, 6.07) is 11.6. The van der Waals surface area contributed by atoms with Gasteiger partial charge in [0.05, 0.1) is 7.11 Å². The standard InChI is InChI=1S/C19H23BrClNO2/c1-3-4-9-22-12-15-10-18(23-2)19(11-17(15)20)24-13-14-5-7-16(21)8-6-14/h5-8,10-11,22H,3-4,9,12-13H2,1-2H3. The van der Waals surface area contributed by atoms with Crippen molar-refractivity contribution in [3.63, 3.8) is 0 Å². The first kappa shape index (κ1) is 19.1. The molecule has 0 amide bonds. The summed E-state index contributed by atoms with van der Waals surface area (Å²) in [5, 5.41) is 4.16. The van der Waals surface area contributed by atoms with Gasteiger partial charge in [0.15, 0.2) is 11.5 Å². The number of unbranched alkanes of at least 4 members (excludes halogenated alkanes) is 1. The largest absolute Gasteiger partial charge is 0.493 e. The predicted molar refractivity (Wildman–Crippen MR) is 103 cm³/mol. The molecule has 0 aliphatic rings. The molecule has 2 aromatic carbocycles. The molecule has 3 nitrogen and oxygen atoms in total. The highest BCUT2D eigenvalue weighted by Gasteiger charge is 2.10. The van der Waals surface area contributed by atoms with Crippen LogP contribution in [-0.4, -0.2) is 13.7 Å². The van der Waals surface area contributed by atoms with Gasteiger partial charge in [0.25, 0.3) is 0 Å². The SMILES string of the molecule is CCCCNCc1cc(OC)c(OCc2ccc(Cl)cc2)cc1Br. The molecule has 2 rings (SSSR count). The van der Waals surface area contributed by atoms with Crippen molar-refractivity contribution in [2.24, 2.45) is 0 Å². The summed E-state index contributed by atoms with van der Waals surface area (Å²) >= 11 is 9.53. The summed E-state index contributed by atoms with van der Waals surface area (Å²) in [5.41, 5.74) is 2.21. The van der Waals surface area contributed by atoms with Crippen molar-refractivity contribution in [2.45, 2.75) is 32.9 Å². The van der Waals surface area contributed by atoms with Gasteiger partial charge in [-0.3, -0.25) is 0 Å². The van der Waals surface area contributed by atoms with E-state index in [1.807, 2.05) is 36.4 Å². The van der Waals surface area contributed by atoms with E-state index in [1.54, 1.807) is 7.11 Å². The molecule has 24 heavy (non-hydrogen) atoms. The highest BCUT2D eigenvalue weighted by molar-refractivity contribution is 9.10. The first-order valence-electron chi connectivity index (χ1n) is 8.08. The zero-order chi connectivity index (χ0) is 17.4. The van der Waals surface area contributed by atoms with Crippen molar-refractivity contribution in [3.8, 4) is 11.5 Å². The second kappa shape index (κ2) is 9.92. The molecule has 0 spiro atoms. The zero-order valence-corrected chi connectivity index (χ0v) is 16.4. The highest BCUT2D eigenvalue weighted by atomic mass is 79.9. The van der Waals surface area contributed by atoms with Crippen molar-refractivity contribution in [1.29, 1.82) is 0 Å². The lowest BCUT2D eigenvalue weighted by Crippen LogP contribution is -2.15. The number of benzene rings is 2. The topological polar surface area (TPSA) is 30.5 Å². The Morgan fingerprint density at radius 3 is 2.54 bits per heavy atom. The number of rotatable bonds is 9. The van der Waals surface area contributed by atoms with Crippen LogP contribution in [0.15, 0.2) is 40.9 Å². The molecule has 0 aromatic heterocycles. The lowest BCUT2D eigenvalue weighted by atomic mass is 10.2. The Morgan fingerprint density at radius 1 is 1.12 bits per heavy atom. The van der Waals surface area contributed by atoms with Gasteiger partial charge in [0, 0.05) is 16.0 Å². The number of hydrogen-bond acceptors (Lipinski definition) is 3. The molecule has 0 atom stereocenters. The summed E-state index contributed by atoms with van der Waals surface area (Å²) in [7, 11) is 1.66. The molecular weight excluding hydrogens is 390 g/mol. The molecule has 0 bridgehead atoms. The fourth-order valence-corrected chi connectivity index (χ4v) is 2.84. The smallest absolute Gasteiger partial charge is 0.162 e. The van der Waals surface area contributed by atoms with Gasteiger partial charge >= 0.3 is 0 Å². The minimum atomic E-state index is 0.466. The quantitative estimate of drug-likeness (QED) is 0.545. The van der Waals surface area contributed by atoms with Gasteiger partial charge in [-0.1, -0.05) is 53.0 Å². The van der Waals surface area contributed by atoms with Crippen LogP contribution in [0.2, 0.25) is 5.02 Å². The van der Waals surface area contributed by atoms with Crippen molar-refractivity contribution in [2.75, 3.05) is 13.7 Å². The molecule has 2 aromatic rings. The van der Waals surface area contributed by atoms with Gasteiger partial charge in [-0.15, -0.1) is 0 Å². The predicted octanol–water partition coefficient (Wildman–Crippen LogP) is 5.58. The van der Waals surface area contributed by atoms with Crippen LogP contribution in [0.5, 0.6) is 11.5 Å². The second-order valence-corrected chi connectivity index (χ2v) is 6.83. The van der Waals surface area contributed by atoms with E-state index in [1.165, 1.54) is 12.8 Å². The maximum Gasteiger partial charge on any atom is 0.162 e. The average molecular weight is 413 g/mol. The summed E-state index contributed by atoms with van der Waals surface area (Å²) in [6.45, 7) is 4.47. The van der Waals surface area contributed by atoms with Crippen molar-refractivity contribution in [3.05, 3.63) is 57.0 Å². The summed E-state index contributed by atoms with van der Waals surface area (Å²) in [6.07, 6.45) is 2.37. The minimum absolute atomic E-state index is 0.466. The van der Waals surface area contributed by atoms with E-state index in [9.17, 15) is 0 Å². The maximum atomic E-state index is 5.91. The van der Waals surface area contributed by atoms with E-state index in [4.69, 9.17) is 21.1 Å². The summed E-state index contributed by atoms with van der Waals surface area (Å²) in [5.74, 6) is 1.45. The van der Waals surface area contributed by atoms with Crippen LogP contribution in [0.4, 0.5) is 0 Å². The second-order valence-electron chi connectivity index (χ2n) is 5.54. The fourth-order valence-electron chi connectivity index (χ4n) is 2.25. The van der Waals surface area contributed by atoms with Crippen LogP contribution in [0.3, 0.4) is 0 Å². The van der Waals surface area contributed by atoms with Gasteiger partial charge in [0.2, 0.25) is 0 Å². The third-order valence-corrected chi connectivity index (χ3v) is 4.65. The summed E-state index contributed by atoms with van der Waals surface area (Å²) < 4.78 is 12.4. The van der Waals surface area contributed by atoms with Gasteiger partial charge in [-0.25, -0.2) is 0 Å². The van der Waals surface area contributed by atoms with Gasteiger partial charge in [0.1, 0.15) is 6.61 Å². The molecule has 130 valence electrons. The zero-order valence-electron chi connectivity index (χ0n) is 14.1. The molecule has 0 saturated heterocycles. The molecule has 0 unspecified atom stereocenters. The molecule has 5 heteroatoms. The van der Waals surface area contributed by atoms with E-state index in [0.717, 1.165) is 45.2 Å². The molecule has 0 fully saturated rings. The normalized spacial score (nSPS) is 10.7. The maximum absolute atomic E-state index is 5.91.